The lowest BCUT2D eigenvalue weighted by Gasteiger charge is -2.08. The topological polar surface area (TPSA) is 59.9 Å². The zero-order valence-electron chi connectivity index (χ0n) is 8.18. The van der Waals surface area contributed by atoms with E-state index in [1.165, 1.54) is 0 Å². The molecule has 1 aromatic heterocycles. The van der Waals surface area contributed by atoms with Gasteiger partial charge in [-0.2, -0.15) is 28.1 Å². The second-order valence-corrected chi connectivity index (χ2v) is 2.98. The van der Waals surface area contributed by atoms with E-state index in [1.807, 2.05) is 0 Å². The molecular formula is C7H8ClF3N4O. The van der Waals surface area contributed by atoms with Crippen molar-refractivity contribution in [2.75, 3.05) is 18.5 Å². The van der Waals surface area contributed by atoms with E-state index >= 15 is 0 Å². The summed E-state index contributed by atoms with van der Waals surface area (Å²) in [5, 5.41) is 2.44. The molecule has 5 nitrogen and oxygen atoms in total. The van der Waals surface area contributed by atoms with Gasteiger partial charge in [0.15, 0.2) is 6.61 Å². The van der Waals surface area contributed by atoms with E-state index in [-0.39, 0.29) is 11.2 Å². The van der Waals surface area contributed by atoms with E-state index in [0.717, 1.165) is 0 Å². The molecule has 0 bridgehead atoms. The lowest BCUT2D eigenvalue weighted by molar-refractivity contribution is -0.154. The van der Waals surface area contributed by atoms with Crippen molar-refractivity contribution < 1.29 is 17.9 Å². The highest BCUT2D eigenvalue weighted by Gasteiger charge is 2.29. The van der Waals surface area contributed by atoms with E-state index in [4.69, 9.17) is 11.6 Å². The Hall–Kier alpha value is -1.31. The van der Waals surface area contributed by atoms with Gasteiger partial charge in [-0.25, -0.2) is 0 Å². The summed E-state index contributed by atoms with van der Waals surface area (Å²) in [6.07, 6.45) is -4.45. The molecule has 0 saturated heterocycles. The normalized spacial score (nSPS) is 11.3. The minimum absolute atomic E-state index is 0.0691. The molecule has 0 spiro atoms. The van der Waals surface area contributed by atoms with Crippen LogP contribution in [-0.4, -0.2) is 34.3 Å². The molecule has 1 heterocycles. The molecule has 90 valence electrons. The summed E-state index contributed by atoms with van der Waals surface area (Å²) in [5.74, 6) is 0.0691. The summed E-state index contributed by atoms with van der Waals surface area (Å²) in [6, 6.07) is -0.465. The minimum Gasteiger partial charge on any atom is -0.454 e. The third-order valence-corrected chi connectivity index (χ3v) is 1.46. The van der Waals surface area contributed by atoms with Gasteiger partial charge in [0, 0.05) is 6.54 Å². The first-order valence-corrected chi connectivity index (χ1v) is 4.63. The van der Waals surface area contributed by atoms with Crippen LogP contribution in [-0.2, 0) is 0 Å². The summed E-state index contributed by atoms with van der Waals surface area (Å²) in [6.45, 7) is 0.798. The smallest absolute Gasteiger partial charge is 0.422 e. The van der Waals surface area contributed by atoms with Gasteiger partial charge in [-0.15, -0.1) is 0 Å². The van der Waals surface area contributed by atoms with Crippen molar-refractivity contribution in [3.05, 3.63) is 5.28 Å². The van der Waals surface area contributed by atoms with E-state index < -0.39 is 18.8 Å². The number of rotatable bonds is 4. The van der Waals surface area contributed by atoms with Crippen molar-refractivity contribution in [2.45, 2.75) is 13.1 Å². The number of nitrogens with zero attached hydrogens (tertiary/aromatic N) is 3. The molecule has 0 aliphatic heterocycles. The fourth-order valence-electron chi connectivity index (χ4n) is 0.780. The fourth-order valence-corrected chi connectivity index (χ4v) is 0.932. The maximum absolute atomic E-state index is 11.8. The van der Waals surface area contributed by atoms with Crippen LogP contribution >= 0.6 is 11.6 Å². The third kappa shape index (κ3) is 4.47. The molecule has 1 rings (SSSR count). The zero-order valence-corrected chi connectivity index (χ0v) is 8.93. The lowest BCUT2D eigenvalue weighted by Crippen LogP contribution is -2.20. The molecule has 16 heavy (non-hydrogen) atoms. The molecule has 0 aliphatic rings. The van der Waals surface area contributed by atoms with Gasteiger partial charge >= 0.3 is 12.2 Å². The van der Waals surface area contributed by atoms with Crippen LogP contribution < -0.4 is 10.1 Å². The molecule has 0 amide bonds. The predicted octanol–water partition coefficient (Wildman–Crippen LogP) is 1.90. The van der Waals surface area contributed by atoms with Crippen LogP contribution in [0.2, 0.25) is 5.28 Å². The van der Waals surface area contributed by atoms with Crippen LogP contribution in [0.15, 0.2) is 0 Å². The number of hydrogen-bond donors (Lipinski definition) is 1. The highest BCUT2D eigenvalue weighted by atomic mass is 35.5. The highest BCUT2D eigenvalue weighted by molar-refractivity contribution is 6.28. The van der Waals surface area contributed by atoms with E-state index in [0.29, 0.717) is 6.54 Å². The Morgan fingerprint density at radius 2 is 2.00 bits per heavy atom. The molecule has 0 aliphatic carbocycles. The quantitative estimate of drug-likeness (QED) is 0.892. The van der Waals surface area contributed by atoms with Gasteiger partial charge in [0.25, 0.3) is 0 Å². The van der Waals surface area contributed by atoms with Gasteiger partial charge in [-0.05, 0) is 18.5 Å². The second kappa shape index (κ2) is 5.15. The monoisotopic (exact) mass is 256 g/mol. The van der Waals surface area contributed by atoms with Crippen molar-refractivity contribution in [3.8, 4) is 6.01 Å². The van der Waals surface area contributed by atoms with Crippen LogP contribution in [0.1, 0.15) is 6.92 Å². The standard InChI is InChI=1S/C7H8ClF3N4O/c1-2-12-5-13-4(8)14-6(15-5)16-3-7(9,10)11/h2-3H2,1H3,(H,12,13,14,15). The van der Waals surface area contributed by atoms with Gasteiger partial charge in [0.1, 0.15) is 0 Å². The van der Waals surface area contributed by atoms with Crippen LogP contribution in [0, 0.1) is 0 Å². The molecule has 0 saturated carbocycles. The van der Waals surface area contributed by atoms with Crippen molar-refractivity contribution in [1.29, 1.82) is 0 Å². The molecule has 0 aromatic carbocycles. The molecule has 0 fully saturated rings. The highest BCUT2D eigenvalue weighted by Crippen LogP contribution is 2.17. The lowest BCUT2D eigenvalue weighted by atomic mass is 10.7. The van der Waals surface area contributed by atoms with Gasteiger partial charge in [-0.1, -0.05) is 0 Å². The Bertz CT molecular complexity index is 360. The Morgan fingerprint density at radius 1 is 1.31 bits per heavy atom. The van der Waals surface area contributed by atoms with Gasteiger partial charge in [-0.3, -0.25) is 0 Å². The number of alkyl halides is 3. The number of nitrogens with one attached hydrogen (secondary N) is 1. The molecule has 9 heteroatoms. The van der Waals surface area contributed by atoms with E-state index in [2.05, 4.69) is 25.0 Å². The number of hydrogen-bond acceptors (Lipinski definition) is 5. The van der Waals surface area contributed by atoms with Crippen molar-refractivity contribution in [3.63, 3.8) is 0 Å². The van der Waals surface area contributed by atoms with E-state index in [1.54, 1.807) is 6.92 Å². The number of aromatic nitrogens is 3. The minimum atomic E-state index is -4.45. The van der Waals surface area contributed by atoms with Crippen molar-refractivity contribution in [1.82, 2.24) is 15.0 Å². The zero-order chi connectivity index (χ0) is 12.2. The summed E-state index contributed by atoms with van der Waals surface area (Å²) in [4.78, 5) is 10.6. The maximum Gasteiger partial charge on any atom is 0.422 e. The van der Waals surface area contributed by atoms with Gasteiger partial charge in [0.05, 0.1) is 0 Å². The Kier molecular flexibility index (Phi) is 4.11. The second-order valence-electron chi connectivity index (χ2n) is 2.64. The summed E-state index contributed by atoms with van der Waals surface area (Å²) >= 11 is 5.47. The average Bonchev–Trinajstić information content (AvgIpc) is 2.13. The number of halogens is 4. The average molecular weight is 257 g/mol. The van der Waals surface area contributed by atoms with Crippen LogP contribution in [0.25, 0.3) is 0 Å². The fraction of sp³-hybridized carbons (Fsp3) is 0.571. The number of ether oxygens (including phenoxy) is 1. The first-order chi connectivity index (χ1) is 7.40. The summed E-state index contributed by atoms with van der Waals surface area (Å²) in [5.41, 5.74) is 0. The van der Waals surface area contributed by atoms with Crippen LogP contribution in [0.5, 0.6) is 6.01 Å². The molecule has 1 aromatic rings. The maximum atomic E-state index is 11.8. The largest absolute Gasteiger partial charge is 0.454 e. The first kappa shape index (κ1) is 12.8. The Labute approximate surface area is 94.0 Å². The Morgan fingerprint density at radius 3 is 2.56 bits per heavy atom. The van der Waals surface area contributed by atoms with Crippen molar-refractivity contribution in [2.24, 2.45) is 0 Å². The summed E-state index contributed by atoms with van der Waals surface area (Å²) in [7, 11) is 0. The molecular weight excluding hydrogens is 249 g/mol. The third-order valence-electron chi connectivity index (χ3n) is 1.29. The molecule has 1 N–H and O–H groups in total. The molecule has 0 radical (unpaired) electrons. The van der Waals surface area contributed by atoms with E-state index in [9.17, 15) is 13.2 Å². The van der Waals surface area contributed by atoms with Crippen molar-refractivity contribution >= 4 is 17.5 Å². The van der Waals surface area contributed by atoms with Gasteiger partial charge in [0.2, 0.25) is 11.2 Å². The SMILES string of the molecule is CCNc1nc(Cl)nc(OCC(F)(F)F)n1. The first-order valence-electron chi connectivity index (χ1n) is 4.25. The molecule has 0 unspecified atom stereocenters. The van der Waals surface area contributed by atoms with Gasteiger partial charge < -0.3 is 10.1 Å². The Balaban J connectivity index is 2.72. The predicted molar refractivity (Wildman–Crippen MR) is 50.6 cm³/mol. The van der Waals surface area contributed by atoms with Crippen LogP contribution in [0.3, 0.4) is 0 Å². The molecule has 0 atom stereocenters. The number of anilines is 1. The summed E-state index contributed by atoms with van der Waals surface area (Å²) < 4.78 is 39.9. The van der Waals surface area contributed by atoms with Crippen LogP contribution in [0.4, 0.5) is 19.1 Å².